The van der Waals surface area contributed by atoms with Crippen LogP contribution >= 0.6 is 22.9 Å². The maximum Gasteiger partial charge on any atom is 0.123 e. The summed E-state index contributed by atoms with van der Waals surface area (Å²) in [5.41, 5.74) is 0.630. The number of thiophene rings is 1. The lowest BCUT2D eigenvalue weighted by Gasteiger charge is -2.10. The minimum Gasteiger partial charge on any atom is -0.387 e. The molecular formula is C13H12ClFOS. The standard InChI is InChI=1S/C13H12ClFOS/c1-8-2-5-13(17-8)12(16)7-9-6-10(15)3-4-11(9)14/h2-6,12,16H,7H2,1H3. The molecule has 2 rings (SSSR count). The Kier molecular flexibility index (Phi) is 3.82. The van der Waals surface area contributed by atoms with E-state index in [2.05, 4.69) is 0 Å². The first-order valence-electron chi connectivity index (χ1n) is 5.24. The van der Waals surface area contributed by atoms with Crippen molar-refractivity contribution in [1.29, 1.82) is 0 Å². The van der Waals surface area contributed by atoms with Gasteiger partial charge in [0, 0.05) is 21.2 Å². The molecule has 0 aliphatic heterocycles. The molecule has 0 saturated carbocycles. The van der Waals surface area contributed by atoms with Gasteiger partial charge in [0.1, 0.15) is 5.82 Å². The predicted molar refractivity (Wildman–Crippen MR) is 69.1 cm³/mol. The summed E-state index contributed by atoms with van der Waals surface area (Å²) in [6, 6.07) is 8.03. The zero-order valence-corrected chi connectivity index (χ0v) is 10.9. The molecule has 4 heteroatoms. The summed E-state index contributed by atoms with van der Waals surface area (Å²) in [5, 5.41) is 10.5. The van der Waals surface area contributed by atoms with Crippen LogP contribution in [-0.2, 0) is 6.42 Å². The van der Waals surface area contributed by atoms with E-state index in [1.54, 1.807) is 0 Å². The van der Waals surface area contributed by atoms with E-state index in [1.807, 2.05) is 19.1 Å². The number of aryl methyl sites for hydroxylation is 1. The van der Waals surface area contributed by atoms with Crippen LogP contribution in [0.15, 0.2) is 30.3 Å². The van der Waals surface area contributed by atoms with E-state index in [0.717, 1.165) is 9.75 Å². The van der Waals surface area contributed by atoms with Gasteiger partial charge in [0.2, 0.25) is 0 Å². The van der Waals surface area contributed by atoms with Gasteiger partial charge in [-0.15, -0.1) is 11.3 Å². The molecule has 0 amide bonds. The molecule has 17 heavy (non-hydrogen) atoms. The van der Waals surface area contributed by atoms with E-state index in [-0.39, 0.29) is 5.82 Å². The van der Waals surface area contributed by atoms with Crippen LogP contribution in [0.3, 0.4) is 0 Å². The molecule has 1 aromatic carbocycles. The fourth-order valence-electron chi connectivity index (χ4n) is 1.64. The molecule has 0 fully saturated rings. The molecule has 0 aliphatic carbocycles. The lowest BCUT2D eigenvalue weighted by atomic mass is 10.1. The highest BCUT2D eigenvalue weighted by atomic mass is 35.5. The SMILES string of the molecule is Cc1ccc(C(O)Cc2cc(F)ccc2Cl)s1. The molecule has 1 aromatic heterocycles. The molecule has 0 spiro atoms. The van der Waals surface area contributed by atoms with Gasteiger partial charge in [-0.1, -0.05) is 11.6 Å². The molecule has 1 nitrogen and oxygen atoms in total. The number of hydrogen-bond donors (Lipinski definition) is 1. The zero-order chi connectivity index (χ0) is 12.4. The molecule has 0 bridgehead atoms. The van der Waals surface area contributed by atoms with Gasteiger partial charge in [0.15, 0.2) is 0 Å². The first-order valence-corrected chi connectivity index (χ1v) is 6.44. The molecular weight excluding hydrogens is 259 g/mol. The van der Waals surface area contributed by atoms with E-state index in [0.29, 0.717) is 17.0 Å². The average molecular weight is 271 g/mol. The maximum absolute atomic E-state index is 13.1. The second-order valence-corrected chi connectivity index (χ2v) is 5.63. The highest BCUT2D eigenvalue weighted by Gasteiger charge is 2.13. The van der Waals surface area contributed by atoms with Crippen LogP contribution in [0.25, 0.3) is 0 Å². The number of aliphatic hydroxyl groups is 1. The Labute approximate surface area is 108 Å². The van der Waals surface area contributed by atoms with Crippen molar-refractivity contribution in [3.05, 3.63) is 56.5 Å². The topological polar surface area (TPSA) is 20.2 Å². The van der Waals surface area contributed by atoms with Gasteiger partial charge in [0.25, 0.3) is 0 Å². The lowest BCUT2D eigenvalue weighted by Crippen LogP contribution is -2.00. The van der Waals surface area contributed by atoms with Crippen molar-refractivity contribution in [3.63, 3.8) is 0 Å². The lowest BCUT2D eigenvalue weighted by molar-refractivity contribution is 0.182. The summed E-state index contributed by atoms with van der Waals surface area (Å²) in [5.74, 6) is -0.334. The maximum atomic E-state index is 13.1. The predicted octanol–water partition coefficient (Wildman–Crippen LogP) is 4.13. The Morgan fingerprint density at radius 1 is 1.35 bits per heavy atom. The molecule has 0 aliphatic rings. The van der Waals surface area contributed by atoms with E-state index in [4.69, 9.17) is 11.6 Å². The summed E-state index contributed by atoms with van der Waals surface area (Å²) in [7, 11) is 0. The molecule has 1 unspecified atom stereocenters. The number of hydrogen-bond acceptors (Lipinski definition) is 2. The summed E-state index contributed by atoms with van der Waals surface area (Å²) in [4.78, 5) is 2.02. The highest BCUT2D eigenvalue weighted by molar-refractivity contribution is 7.12. The minimum absolute atomic E-state index is 0.330. The van der Waals surface area contributed by atoms with E-state index in [1.165, 1.54) is 29.5 Å². The normalized spacial score (nSPS) is 12.7. The quantitative estimate of drug-likeness (QED) is 0.889. The van der Waals surface area contributed by atoms with Gasteiger partial charge in [0.05, 0.1) is 6.10 Å². The monoisotopic (exact) mass is 270 g/mol. The Morgan fingerprint density at radius 2 is 2.12 bits per heavy atom. The number of aliphatic hydroxyl groups excluding tert-OH is 1. The van der Waals surface area contributed by atoms with Gasteiger partial charge in [-0.2, -0.15) is 0 Å². The van der Waals surface area contributed by atoms with Crippen molar-refractivity contribution in [2.24, 2.45) is 0 Å². The second-order valence-electron chi connectivity index (χ2n) is 3.90. The van der Waals surface area contributed by atoms with Crippen LogP contribution in [0.5, 0.6) is 0 Å². The van der Waals surface area contributed by atoms with Crippen LogP contribution in [0.4, 0.5) is 4.39 Å². The van der Waals surface area contributed by atoms with Crippen molar-refractivity contribution in [1.82, 2.24) is 0 Å². The van der Waals surface area contributed by atoms with Gasteiger partial charge in [-0.25, -0.2) is 4.39 Å². The molecule has 90 valence electrons. The minimum atomic E-state index is -0.631. The van der Waals surface area contributed by atoms with E-state index >= 15 is 0 Å². The third-order valence-electron chi connectivity index (χ3n) is 2.51. The largest absolute Gasteiger partial charge is 0.387 e. The van der Waals surface area contributed by atoms with Gasteiger partial charge in [-0.05, 0) is 42.8 Å². The molecule has 1 atom stereocenters. The van der Waals surface area contributed by atoms with Crippen LogP contribution in [0.1, 0.15) is 21.4 Å². The highest BCUT2D eigenvalue weighted by Crippen LogP contribution is 2.28. The third kappa shape index (κ3) is 3.06. The van der Waals surface area contributed by atoms with Crippen molar-refractivity contribution >= 4 is 22.9 Å². The first kappa shape index (κ1) is 12.6. The van der Waals surface area contributed by atoms with Crippen molar-refractivity contribution in [2.75, 3.05) is 0 Å². The number of benzene rings is 1. The van der Waals surface area contributed by atoms with E-state index in [9.17, 15) is 9.50 Å². The smallest absolute Gasteiger partial charge is 0.123 e. The summed E-state index contributed by atoms with van der Waals surface area (Å²) in [6.45, 7) is 1.98. The van der Waals surface area contributed by atoms with Gasteiger partial charge >= 0.3 is 0 Å². The fraction of sp³-hybridized carbons (Fsp3) is 0.231. The summed E-state index contributed by atoms with van der Waals surface area (Å²) >= 11 is 7.50. The average Bonchev–Trinajstić information content (AvgIpc) is 2.70. The van der Waals surface area contributed by atoms with Crippen LogP contribution in [0.2, 0.25) is 5.02 Å². The molecule has 0 saturated heterocycles. The van der Waals surface area contributed by atoms with Gasteiger partial charge in [-0.3, -0.25) is 0 Å². The van der Waals surface area contributed by atoms with E-state index < -0.39 is 6.10 Å². The van der Waals surface area contributed by atoms with Crippen molar-refractivity contribution in [3.8, 4) is 0 Å². The number of rotatable bonds is 3. The molecule has 1 heterocycles. The summed E-state index contributed by atoms with van der Waals surface area (Å²) < 4.78 is 13.1. The Balaban J connectivity index is 2.18. The van der Waals surface area contributed by atoms with Crippen LogP contribution in [0, 0.1) is 12.7 Å². The molecule has 2 aromatic rings. The molecule has 1 N–H and O–H groups in total. The van der Waals surface area contributed by atoms with Crippen LogP contribution < -0.4 is 0 Å². The number of halogens is 2. The first-order chi connectivity index (χ1) is 8.06. The van der Waals surface area contributed by atoms with Gasteiger partial charge < -0.3 is 5.11 Å². The third-order valence-corrected chi connectivity index (χ3v) is 3.98. The van der Waals surface area contributed by atoms with Crippen molar-refractivity contribution < 1.29 is 9.50 Å². The second kappa shape index (κ2) is 5.17. The Morgan fingerprint density at radius 3 is 2.76 bits per heavy atom. The fourth-order valence-corrected chi connectivity index (χ4v) is 2.70. The summed E-state index contributed by atoms with van der Waals surface area (Å²) in [6.07, 6.45) is -0.302. The van der Waals surface area contributed by atoms with Crippen LogP contribution in [-0.4, -0.2) is 5.11 Å². The van der Waals surface area contributed by atoms with Crippen molar-refractivity contribution in [2.45, 2.75) is 19.4 Å². The Bertz CT molecular complexity index is 524. The Hall–Kier alpha value is -0.900. The molecule has 0 radical (unpaired) electrons. The zero-order valence-electron chi connectivity index (χ0n) is 9.28.